The molecule has 0 amide bonds. The van der Waals surface area contributed by atoms with Gasteiger partial charge in [-0.25, -0.2) is 4.39 Å². The maximum Gasteiger partial charge on any atom is 0.185 e. The second-order valence-electron chi connectivity index (χ2n) is 4.59. The van der Waals surface area contributed by atoms with Crippen LogP contribution in [-0.4, -0.2) is 25.1 Å². The number of benzene rings is 2. The molecule has 2 rings (SSSR count). The summed E-state index contributed by atoms with van der Waals surface area (Å²) in [6, 6.07) is 7.06. The number of ketones is 1. The molecule has 2 aromatic carbocycles. The first-order valence-corrected chi connectivity index (χ1v) is 7.38. The number of ether oxygens (including phenoxy) is 2. The molecule has 2 aromatic rings. The van der Waals surface area contributed by atoms with Gasteiger partial charge in [-0.3, -0.25) is 4.79 Å². The SMILES string of the molecule is COc1cc(/C=C/C(=O)c2ccc(OC)c(F)c2)c(Br)cc1O. The molecule has 0 saturated carbocycles. The number of phenolic OH excluding ortho intramolecular Hbond substituents is 1. The predicted molar refractivity (Wildman–Crippen MR) is 88.7 cm³/mol. The Balaban J connectivity index is 2.26. The van der Waals surface area contributed by atoms with Crippen molar-refractivity contribution in [3.05, 3.63) is 57.8 Å². The number of halogens is 2. The van der Waals surface area contributed by atoms with E-state index in [1.54, 1.807) is 12.1 Å². The molecular weight excluding hydrogens is 367 g/mol. The average molecular weight is 381 g/mol. The van der Waals surface area contributed by atoms with Crippen LogP contribution in [0.15, 0.2) is 40.9 Å². The number of hydrogen-bond donors (Lipinski definition) is 1. The molecule has 0 aliphatic carbocycles. The van der Waals surface area contributed by atoms with Gasteiger partial charge in [-0.2, -0.15) is 0 Å². The third kappa shape index (κ3) is 3.90. The van der Waals surface area contributed by atoms with Gasteiger partial charge in [0.2, 0.25) is 0 Å². The molecular formula is C17H14BrFO4. The van der Waals surface area contributed by atoms with Crippen molar-refractivity contribution in [1.82, 2.24) is 0 Å². The molecule has 6 heteroatoms. The summed E-state index contributed by atoms with van der Waals surface area (Å²) < 4.78 is 24.1. The Morgan fingerprint density at radius 2 is 1.87 bits per heavy atom. The summed E-state index contributed by atoms with van der Waals surface area (Å²) in [6.45, 7) is 0. The fraction of sp³-hybridized carbons (Fsp3) is 0.118. The summed E-state index contributed by atoms with van der Waals surface area (Å²) in [6.07, 6.45) is 2.87. The summed E-state index contributed by atoms with van der Waals surface area (Å²) in [5.74, 6) is -0.600. The van der Waals surface area contributed by atoms with Gasteiger partial charge < -0.3 is 14.6 Å². The molecule has 0 aliphatic rings. The largest absolute Gasteiger partial charge is 0.504 e. The zero-order valence-electron chi connectivity index (χ0n) is 12.5. The second-order valence-corrected chi connectivity index (χ2v) is 5.45. The van der Waals surface area contributed by atoms with Crippen molar-refractivity contribution in [3.63, 3.8) is 0 Å². The smallest absolute Gasteiger partial charge is 0.185 e. The molecule has 0 bridgehead atoms. The maximum absolute atomic E-state index is 13.6. The van der Waals surface area contributed by atoms with Gasteiger partial charge in [0.25, 0.3) is 0 Å². The lowest BCUT2D eigenvalue weighted by Crippen LogP contribution is -1.97. The summed E-state index contributed by atoms with van der Waals surface area (Å²) in [5.41, 5.74) is 0.850. The van der Waals surface area contributed by atoms with E-state index in [4.69, 9.17) is 9.47 Å². The van der Waals surface area contributed by atoms with Crippen LogP contribution in [0.4, 0.5) is 4.39 Å². The monoisotopic (exact) mass is 380 g/mol. The minimum Gasteiger partial charge on any atom is -0.504 e. The van der Waals surface area contributed by atoms with Gasteiger partial charge in [0.15, 0.2) is 28.8 Å². The molecule has 0 atom stereocenters. The van der Waals surface area contributed by atoms with E-state index in [0.29, 0.717) is 10.0 Å². The van der Waals surface area contributed by atoms with Crippen molar-refractivity contribution >= 4 is 27.8 Å². The number of allylic oxidation sites excluding steroid dienone is 1. The van der Waals surface area contributed by atoms with Crippen molar-refractivity contribution in [1.29, 1.82) is 0 Å². The standard InChI is InChI=1S/C17H14BrFO4/c1-22-16-6-4-11(7-13(16)19)14(20)5-3-10-8-17(23-2)15(21)9-12(10)18/h3-9,21H,1-2H3/b5-3+. The van der Waals surface area contributed by atoms with E-state index in [1.807, 2.05) is 0 Å². The molecule has 0 spiro atoms. The van der Waals surface area contributed by atoms with E-state index in [9.17, 15) is 14.3 Å². The van der Waals surface area contributed by atoms with Crippen molar-refractivity contribution in [2.45, 2.75) is 0 Å². The van der Waals surface area contributed by atoms with E-state index in [2.05, 4.69) is 15.9 Å². The first-order chi connectivity index (χ1) is 11.0. The van der Waals surface area contributed by atoms with Crippen molar-refractivity contribution < 1.29 is 23.8 Å². The highest BCUT2D eigenvalue weighted by Crippen LogP contribution is 2.33. The molecule has 0 aromatic heterocycles. The van der Waals surface area contributed by atoms with Crippen molar-refractivity contribution in [3.8, 4) is 17.2 Å². The average Bonchev–Trinajstić information content (AvgIpc) is 2.53. The van der Waals surface area contributed by atoms with E-state index < -0.39 is 5.82 Å². The zero-order chi connectivity index (χ0) is 17.0. The van der Waals surface area contributed by atoms with Gasteiger partial charge in [-0.05, 0) is 48.0 Å². The van der Waals surface area contributed by atoms with Crippen LogP contribution in [0, 0.1) is 5.82 Å². The van der Waals surface area contributed by atoms with Gasteiger partial charge in [0.05, 0.1) is 14.2 Å². The summed E-state index contributed by atoms with van der Waals surface area (Å²) in [5, 5.41) is 9.65. The van der Waals surface area contributed by atoms with E-state index in [0.717, 1.165) is 6.07 Å². The highest BCUT2D eigenvalue weighted by atomic mass is 79.9. The predicted octanol–water partition coefficient (Wildman–Crippen LogP) is 4.21. The van der Waals surface area contributed by atoms with Crippen molar-refractivity contribution in [2.75, 3.05) is 14.2 Å². The first-order valence-electron chi connectivity index (χ1n) is 6.58. The van der Waals surface area contributed by atoms with Gasteiger partial charge in [-0.15, -0.1) is 0 Å². The number of methoxy groups -OCH3 is 2. The summed E-state index contributed by atoms with van der Waals surface area (Å²) >= 11 is 3.29. The Kier molecular flexibility index (Phi) is 5.39. The van der Waals surface area contributed by atoms with E-state index in [-0.39, 0.29) is 28.6 Å². The quantitative estimate of drug-likeness (QED) is 0.623. The highest BCUT2D eigenvalue weighted by molar-refractivity contribution is 9.10. The number of rotatable bonds is 5. The molecule has 0 aliphatic heterocycles. The third-order valence-electron chi connectivity index (χ3n) is 3.15. The highest BCUT2D eigenvalue weighted by Gasteiger charge is 2.09. The Morgan fingerprint density at radius 1 is 1.17 bits per heavy atom. The van der Waals surface area contributed by atoms with Crippen LogP contribution < -0.4 is 9.47 Å². The first kappa shape index (κ1) is 17.0. The summed E-state index contributed by atoms with van der Waals surface area (Å²) in [4.78, 5) is 12.1. The fourth-order valence-corrected chi connectivity index (χ4v) is 2.39. The van der Waals surface area contributed by atoms with Gasteiger partial charge in [0.1, 0.15) is 0 Å². The second kappa shape index (κ2) is 7.28. The zero-order valence-corrected chi connectivity index (χ0v) is 14.1. The molecule has 0 fully saturated rings. The van der Waals surface area contributed by atoms with Crippen molar-refractivity contribution in [2.24, 2.45) is 0 Å². The number of carbonyl (C=O) groups excluding carboxylic acids is 1. The van der Waals surface area contributed by atoms with Crippen LogP contribution in [0.1, 0.15) is 15.9 Å². The summed E-state index contributed by atoms with van der Waals surface area (Å²) in [7, 11) is 2.79. The van der Waals surface area contributed by atoms with Crippen LogP contribution in [0.25, 0.3) is 6.08 Å². The Labute approximate surface area is 141 Å². The Hall–Kier alpha value is -2.34. The van der Waals surface area contributed by atoms with Gasteiger partial charge >= 0.3 is 0 Å². The minimum absolute atomic E-state index is 0.0138. The van der Waals surface area contributed by atoms with Crippen LogP contribution in [0.3, 0.4) is 0 Å². The topological polar surface area (TPSA) is 55.8 Å². The number of aromatic hydroxyl groups is 1. The van der Waals surface area contributed by atoms with Crippen LogP contribution in [0.2, 0.25) is 0 Å². The Bertz CT molecular complexity index is 771. The molecule has 0 heterocycles. The molecule has 0 saturated heterocycles. The fourth-order valence-electron chi connectivity index (χ4n) is 1.93. The number of hydrogen-bond acceptors (Lipinski definition) is 4. The molecule has 120 valence electrons. The van der Waals surface area contributed by atoms with Crippen LogP contribution in [-0.2, 0) is 0 Å². The minimum atomic E-state index is -0.598. The van der Waals surface area contributed by atoms with Crippen LogP contribution >= 0.6 is 15.9 Å². The third-order valence-corrected chi connectivity index (χ3v) is 3.84. The molecule has 1 N–H and O–H groups in total. The Morgan fingerprint density at radius 3 is 2.48 bits per heavy atom. The number of phenols is 1. The number of carbonyl (C=O) groups is 1. The van der Waals surface area contributed by atoms with Gasteiger partial charge in [0, 0.05) is 10.0 Å². The van der Waals surface area contributed by atoms with Crippen LogP contribution in [0.5, 0.6) is 17.2 Å². The molecule has 23 heavy (non-hydrogen) atoms. The lowest BCUT2D eigenvalue weighted by Gasteiger charge is -2.06. The van der Waals surface area contributed by atoms with Gasteiger partial charge in [-0.1, -0.05) is 15.9 Å². The molecule has 4 nitrogen and oxygen atoms in total. The normalized spacial score (nSPS) is 10.8. The lowest BCUT2D eigenvalue weighted by atomic mass is 10.1. The molecule has 0 radical (unpaired) electrons. The maximum atomic E-state index is 13.6. The van der Waals surface area contributed by atoms with E-state index in [1.165, 1.54) is 38.5 Å². The lowest BCUT2D eigenvalue weighted by molar-refractivity contribution is 0.104. The molecule has 0 unspecified atom stereocenters. The van der Waals surface area contributed by atoms with E-state index >= 15 is 0 Å².